The predicted octanol–water partition coefficient (Wildman–Crippen LogP) is 1.36. The van der Waals surface area contributed by atoms with E-state index in [1.165, 1.54) is 4.31 Å². The molecule has 3 aliphatic heterocycles. The molecule has 0 bridgehead atoms. The Morgan fingerprint density at radius 2 is 1.67 bits per heavy atom. The first-order chi connectivity index (χ1) is 22.4. The van der Waals surface area contributed by atoms with Crippen LogP contribution in [0.15, 0.2) is 12.7 Å². The van der Waals surface area contributed by atoms with Gasteiger partial charge in [-0.2, -0.15) is 12.7 Å². The summed E-state index contributed by atoms with van der Waals surface area (Å²) in [7, 11) is -4.09. The molecule has 5 amide bonds. The third-order valence-corrected chi connectivity index (χ3v) is 14.6. The number of rotatable bonds is 9. The molecule has 3 heterocycles. The maximum atomic E-state index is 14.7. The van der Waals surface area contributed by atoms with E-state index in [0.717, 1.165) is 19.3 Å². The van der Waals surface area contributed by atoms with E-state index in [4.69, 9.17) is 0 Å². The van der Waals surface area contributed by atoms with Crippen LogP contribution < -0.4 is 20.7 Å². The lowest BCUT2D eigenvalue weighted by atomic mass is 9.73. The Morgan fingerprint density at radius 3 is 2.19 bits per heavy atom. The predicted molar refractivity (Wildman–Crippen MR) is 177 cm³/mol. The lowest BCUT2D eigenvalue weighted by molar-refractivity contribution is -0.146. The van der Waals surface area contributed by atoms with E-state index in [9.17, 15) is 32.4 Å². The van der Waals surface area contributed by atoms with Crippen LogP contribution in [-0.2, 0) is 34.2 Å². The third kappa shape index (κ3) is 5.18. The van der Waals surface area contributed by atoms with Crippen LogP contribution in [0.4, 0.5) is 0 Å². The third-order valence-electron chi connectivity index (χ3n) is 13.1. The molecule has 266 valence electrons. The average Bonchev–Trinajstić information content (AvgIpc) is 3.45. The molecular weight excluding hydrogens is 636 g/mol. The largest absolute Gasteiger partial charge is 0.355 e. The van der Waals surface area contributed by atoms with E-state index in [-0.39, 0.29) is 28.6 Å². The van der Waals surface area contributed by atoms with Crippen LogP contribution in [0.2, 0.25) is 0 Å². The normalized spacial score (nSPS) is 34.1. The smallest absolute Gasteiger partial charge is 0.303 e. The Labute approximate surface area is 283 Å². The van der Waals surface area contributed by atoms with Gasteiger partial charge in [-0.3, -0.25) is 24.0 Å². The van der Waals surface area contributed by atoms with E-state index >= 15 is 0 Å². The zero-order valence-electron chi connectivity index (χ0n) is 28.9. The molecule has 0 aromatic rings. The Hall–Kier alpha value is -3.00. The molecule has 6 atom stereocenters. The maximum Gasteiger partial charge on any atom is 0.303 e. The highest BCUT2D eigenvalue weighted by Crippen LogP contribution is 2.88. The van der Waals surface area contributed by atoms with Crippen LogP contribution in [0.3, 0.4) is 0 Å². The van der Waals surface area contributed by atoms with Crippen LogP contribution in [0, 0.1) is 33.5 Å². The first kappa shape index (κ1) is 34.8. The fourth-order valence-corrected chi connectivity index (χ4v) is 11.0. The minimum Gasteiger partial charge on any atom is -0.355 e. The lowest BCUT2D eigenvalue weighted by Gasteiger charge is -2.37. The first-order valence-electron chi connectivity index (χ1n) is 17.5. The van der Waals surface area contributed by atoms with Crippen molar-refractivity contribution in [1.82, 2.24) is 29.9 Å². The van der Waals surface area contributed by atoms with Gasteiger partial charge in [0.25, 0.3) is 5.91 Å². The minimum absolute atomic E-state index is 0.00365. The Morgan fingerprint density at radius 1 is 1.00 bits per heavy atom. The molecule has 3 saturated carbocycles. The summed E-state index contributed by atoms with van der Waals surface area (Å²) < 4.78 is 29.4. The summed E-state index contributed by atoms with van der Waals surface area (Å²) >= 11 is 0. The first-order valence-corrected chi connectivity index (χ1v) is 19.0. The van der Waals surface area contributed by atoms with Gasteiger partial charge in [-0.15, -0.1) is 6.58 Å². The van der Waals surface area contributed by atoms with Gasteiger partial charge < -0.3 is 20.9 Å². The zero-order valence-corrected chi connectivity index (χ0v) is 29.8. The topological polar surface area (TPSA) is 174 Å². The van der Waals surface area contributed by atoms with Crippen molar-refractivity contribution in [2.75, 3.05) is 26.2 Å². The van der Waals surface area contributed by atoms with E-state index < -0.39 is 68.7 Å². The average molecular weight is 689 g/mol. The molecule has 48 heavy (non-hydrogen) atoms. The van der Waals surface area contributed by atoms with Crippen molar-refractivity contribution in [2.45, 2.75) is 110 Å². The second-order valence-electron chi connectivity index (χ2n) is 16.7. The summed E-state index contributed by atoms with van der Waals surface area (Å²) in [6.45, 7) is 15.2. The van der Waals surface area contributed by atoms with Gasteiger partial charge in [-0.1, -0.05) is 47.1 Å². The van der Waals surface area contributed by atoms with Crippen molar-refractivity contribution >= 4 is 39.7 Å². The fourth-order valence-electron chi connectivity index (χ4n) is 9.68. The SMILES string of the molecule is C=CC1CC1(NC(=O)C1CC2(CN1C(=O)C(NC(=O)C1CCCNC1=O)C(C)(C)C)C(C)(C)C21CCC1)C(=O)NS(=O)(=O)N1CCCC1. The zero-order chi connectivity index (χ0) is 35.1. The molecule has 3 aliphatic carbocycles. The van der Waals surface area contributed by atoms with Crippen molar-refractivity contribution in [3.8, 4) is 0 Å². The van der Waals surface area contributed by atoms with Gasteiger partial charge in [-0.05, 0) is 67.6 Å². The molecular formula is C34H52N6O7S. The van der Waals surface area contributed by atoms with Gasteiger partial charge in [0.2, 0.25) is 23.6 Å². The summed E-state index contributed by atoms with van der Waals surface area (Å²) in [5.41, 5.74) is -2.71. The molecule has 0 aromatic carbocycles. The van der Waals surface area contributed by atoms with Crippen LogP contribution in [-0.4, -0.2) is 91.0 Å². The number of carbonyl (C=O) groups is 5. The molecule has 0 aromatic heterocycles. The molecule has 6 unspecified atom stereocenters. The summed E-state index contributed by atoms with van der Waals surface area (Å²) in [6.07, 6.45) is 7.69. The van der Waals surface area contributed by atoms with E-state index in [1.54, 1.807) is 11.0 Å². The number of nitrogens with zero attached hydrogens (tertiary/aromatic N) is 2. The monoisotopic (exact) mass is 688 g/mol. The van der Waals surface area contributed by atoms with Crippen molar-refractivity contribution in [3.05, 3.63) is 12.7 Å². The Bertz CT molecular complexity index is 1530. The summed E-state index contributed by atoms with van der Waals surface area (Å²) in [5, 5.41) is 8.52. The number of amides is 5. The number of piperidine rings is 1. The van der Waals surface area contributed by atoms with Gasteiger partial charge >= 0.3 is 10.2 Å². The molecule has 0 radical (unpaired) electrons. The molecule has 13 nitrogen and oxygen atoms in total. The number of nitrogens with one attached hydrogen (secondary N) is 4. The molecule has 6 aliphatic rings. The Kier molecular flexibility index (Phi) is 8.37. The number of fused-ring (bicyclic) bond motifs is 1. The molecule has 14 heteroatoms. The summed E-state index contributed by atoms with van der Waals surface area (Å²) in [6, 6.07) is -1.96. The van der Waals surface area contributed by atoms with Gasteiger partial charge in [0, 0.05) is 37.5 Å². The van der Waals surface area contributed by atoms with Crippen molar-refractivity contribution < 1.29 is 32.4 Å². The van der Waals surface area contributed by atoms with Crippen LogP contribution in [0.5, 0.6) is 0 Å². The number of hydrogen-bond donors (Lipinski definition) is 4. The summed E-state index contributed by atoms with van der Waals surface area (Å²) in [4.78, 5) is 70.2. The number of likely N-dealkylation sites (tertiary alicyclic amines) is 1. The highest BCUT2D eigenvalue weighted by atomic mass is 32.2. The van der Waals surface area contributed by atoms with E-state index in [0.29, 0.717) is 58.3 Å². The van der Waals surface area contributed by atoms with Gasteiger partial charge in [-0.25, -0.2) is 4.72 Å². The molecule has 2 spiro atoms. The Balaban J connectivity index is 1.28. The van der Waals surface area contributed by atoms with Crippen LogP contribution in [0.1, 0.15) is 92.4 Å². The molecule has 3 saturated heterocycles. The molecule has 6 rings (SSSR count). The standard InChI is InChI=1S/C34H52N6O7S/c1-7-21-18-34(21,29(45)38-48(46,47)39-16-8-9-17-39)37-27(43)23-19-33(31(5,6)32(33)13-11-14-32)20-40(23)28(44)24(30(2,3)4)36-26(42)22-12-10-15-35-25(22)41/h7,21-24H,1,8-20H2,2-6H3,(H,35,41)(H,36,42)(H,37,43)(H,38,45). The van der Waals surface area contributed by atoms with Gasteiger partial charge in [0.15, 0.2) is 0 Å². The van der Waals surface area contributed by atoms with Crippen molar-refractivity contribution in [1.29, 1.82) is 0 Å². The second kappa shape index (κ2) is 11.5. The second-order valence-corrected chi connectivity index (χ2v) is 18.3. The van der Waals surface area contributed by atoms with Crippen LogP contribution in [0.25, 0.3) is 0 Å². The van der Waals surface area contributed by atoms with Gasteiger partial charge in [0.05, 0.1) is 0 Å². The highest BCUT2D eigenvalue weighted by Gasteiger charge is 2.85. The lowest BCUT2D eigenvalue weighted by Crippen LogP contribution is -2.61. The summed E-state index contributed by atoms with van der Waals surface area (Å²) in [5.74, 6) is -4.01. The highest BCUT2D eigenvalue weighted by molar-refractivity contribution is 7.87. The van der Waals surface area contributed by atoms with E-state index in [1.807, 2.05) is 20.8 Å². The van der Waals surface area contributed by atoms with E-state index in [2.05, 4.69) is 41.1 Å². The minimum atomic E-state index is -4.09. The quantitative estimate of drug-likeness (QED) is 0.209. The fraction of sp³-hybridized carbons (Fsp3) is 0.794. The number of carbonyl (C=O) groups excluding carboxylic acids is 5. The molecule has 4 N–H and O–H groups in total. The van der Waals surface area contributed by atoms with Gasteiger partial charge in [0.1, 0.15) is 23.5 Å². The van der Waals surface area contributed by atoms with Crippen LogP contribution >= 0.6 is 0 Å². The number of hydrogen-bond acceptors (Lipinski definition) is 7. The maximum absolute atomic E-state index is 14.7. The van der Waals surface area contributed by atoms with Crippen molar-refractivity contribution in [3.63, 3.8) is 0 Å². The van der Waals surface area contributed by atoms with Crippen molar-refractivity contribution in [2.24, 2.45) is 33.5 Å². The molecule has 6 fully saturated rings.